The summed E-state index contributed by atoms with van der Waals surface area (Å²) in [6, 6.07) is 12.0. The van der Waals surface area contributed by atoms with Crippen LogP contribution in [0.15, 0.2) is 47.6 Å². The lowest BCUT2D eigenvalue weighted by Gasteiger charge is -2.22. The van der Waals surface area contributed by atoms with Crippen LogP contribution in [-0.2, 0) is 6.54 Å². The summed E-state index contributed by atoms with van der Waals surface area (Å²) in [5, 5.41) is 11.9. The van der Waals surface area contributed by atoms with Gasteiger partial charge in [-0.05, 0) is 18.2 Å². The van der Waals surface area contributed by atoms with Gasteiger partial charge in [0.25, 0.3) is 0 Å². The number of nitrogens with zero attached hydrogens (tertiary/aromatic N) is 2. The van der Waals surface area contributed by atoms with E-state index in [0.29, 0.717) is 17.7 Å². The standard InChI is InChI=1S/C15H15ClFN3O/c1-20(9-10-5-4-7-12(16)14(10)17)13-8-3-2-6-11(13)15(18)19-21/h2-8,21H,9H2,1H3,(H2,18,19). The first-order valence-corrected chi connectivity index (χ1v) is 6.63. The fourth-order valence-corrected chi connectivity index (χ4v) is 2.28. The van der Waals surface area contributed by atoms with Gasteiger partial charge in [-0.3, -0.25) is 0 Å². The number of amidine groups is 1. The highest BCUT2D eigenvalue weighted by atomic mass is 35.5. The molecule has 6 heteroatoms. The Kier molecular flexibility index (Phi) is 4.65. The van der Waals surface area contributed by atoms with Crippen LogP contribution in [0.2, 0.25) is 5.02 Å². The zero-order chi connectivity index (χ0) is 15.4. The van der Waals surface area contributed by atoms with Crippen molar-refractivity contribution in [1.82, 2.24) is 0 Å². The van der Waals surface area contributed by atoms with E-state index in [1.807, 2.05) is 17.0 Å². The molecule has 0 unspecified atom stereocenters. The average molecular weight is 308 g/mol. The van der Waals surface area contributed by atoms with Crippen molar-refractivity contribution in [3.8, 4) is 0 Å². The monoisotopic (exact) mass is 307 g/mol. The predicted molar refractivity (Wildman–Crippen MR) is 82.5 cm³/mol. The van der Waals surface area contributed by atoms with E-state index in [1.165, 1.54) is 6.07 Å². The fourth-order valence-electron chi connectivity index (χ4n) is 2.09. The topological polar surface area (TPSA) is 61.8 Å². The normalized spacial score (nSPS) is 11.5. The van der Waals surface area contributed by atoms with Gasteiger partial charge in [-0.1, -0.05) is 41.0 Å². The van der Waals surface area contributed by atoms with Gasteiger partial charge in [0.2, 0.25) is 0 Å². The largest absolute Gasteiger partial charge is 0.409 e. The van der Waals surface area contributed by atoms with Crippen molar-refractivity contribution in [3.05, 3.63) is 64.4 Å². The van der Waals surface area contributed by atoms with Gasteiger partial charge in [0.05, 0.1) is 5.02 Å². The molecule has 0 spiro atoms. The third kappa shape index (κ3) is 3.25. The molecule has 0 aliphatic carbocycles. The second-order valence-corrected chi connectivity index (χ2v) is 4.98. The fraction of sp³-hybridized carbons (Fsp3) is 0.133. The van der Waals surface area contributed by atoms with E-state index < -0.39 is 5.82 Å². The van der Waals surface area contributed by atoms with Gasteiger partial charge in [0.1, 0.15) is 5.82 Å². The summed E-state index contributed by atoms with van der Waals surface area (Å²) in [5.41, 5.74) is 7.43. The lowest BCUT2D eigenvalue weighted by molar-refractivity contribution is 0.318. The molecule has 0 atom stereocenters. The molecule has 2 rings (SSSR count). The Bertz CT molecular complexity index is 676. The Morgan fingerprint density at radius 1 is 1.29 bits per heavy atom. The van der Waals surface area contributed by atoms with Gasteiger partial charge < -0.3 is 15.8 Å². The Balaban J connectivity index is 2.33. The molecule has 0 saturated carbocycles. The van der Waals surface area contributed by atoms with Gasteiger partial charge in [0, 0.05) is 30.4 Å². The van der Waals surface area contributed by atoms with Gasteiger partial charge in [-0.25, -0.2) is 4.39 Å². The smallest absolute Gasteiger partial charge is 0.172 e. The molecule has 0 saturated heterocycles. The minimum atomic E-state index is -0.438. The molecule has 110 valence electrons. The highest BCUT2D eigenvalue weighted by molar-refractivity contribution is 6.30. The molecule has 2 aromatic rings. The summed E-state index contributed by atoms with van der Waals surface area (Å²) in [7, 11) is 1.80. The molecule has 0 aliphatic heterocycles. The van der Waals surface area contributed by atoms with Crippen LogP contribution in [0.4, 0.5) is 10.1 Å². The van der Waals surface area contributed by atoms with Crippen LogP contribution < -0.4 is 10.6 Å². The number of hydrogen-bond acceptors (Lipinski definition) is 3. The Morgan fingerprint density at radius 2 is 2.00 bits per heavy atom. The molecule has 3 N–H and O–H groups in total. The van der Waals surface area contributed by atoms with E-state index in [4.69, 9.17) is 22.5 Å². The maximum absolute atomic E-state index is 14.0. The minimum Gasteiger partial charge on any atom is -0.409 e. The van der Waals surface area contributed by atoms with Crippen LogP contribution in [0.5, 0.6) is 0 Å². The maximum Gasteiger partial charge on any atom is 0.172 e. The van der Waals surface area contributed by atoms with Crippen LogP contribution in [0, 0.1) is 5.82 Å². The van der Waals surface area contributed by atoms with Crippen molar-refractivity contribution in [2.75, 3.05) is 11.9 Å². The number of benzene rings is 2. The van der Waals surface area contributed by atoms with Crippen LogP contribution >= 0.6 is 11.6 Å². The third-order valence-corrected chi connectivity index (χ3v) is 3.43. The van der Waals surface area contributed by atoms with Gasteiger partial charge in [-0.2, -0.15) is 0 Å². The van der Waals surface area contributed by atoms with Gasteiger partial charge in [0.15, 0.2) is 5.84 Å². The quantitative estimate of drug-likeness (QED) is 0.394. The molecule has 0 heterocycles. The molecule has 4 nitrogen and oxygen atoms in total. The minimum absolute atomic E-state index is 0.00372. The molecule has 0 fully saturated rings. The van der Waals surface area contributed by atoms with E-state index in [-0.39, 0.29) is 10.9 Å². The van der Waals surface area contributed by atoms with Gasteiger partial charge >= 0.3 is 0 Å². The number of nitrogens with two attached hydrogens (primary N) is 1. The van der Waals surface area contributed by atoms with Crippen molar-refractivity contribution in [3.63, 3.8) is 0 Å². The Labute approximate surface area is 127 Å². The molecule has 0 radical (unpaired) electrons. The number of para-hydroxylation sites is 1. The summed E-state index contributed by atoms with van der Waals surface area (Å²) < 4.78 is 14.0. The number of halogens is 2. The second-order valence-electron chi connectivity index (χ2n) is 4.57. The van der Waals surface area contributed by atoms with Crippen molar-refractivity contribution in [2.24, 2.45) is 10.9 Å². The van der Waals surface area contributed by atoms with Crippen LogP contribution in [0.25, 0.3) is 0 Å². The van der Waals surface area contributed by atoms with Crippen LogP contribution in [0.3, 0.4) is 0 Å². The lowest BCUT2D eigenvalue weighted by Crippen LogP contribution is -2.23. The molecule has 0 aliphatic rings. The molecule has 0 amide bonds. The maximum atomic E-state index is 14.0. The van der Waals surface area contributed by atoms with Crippen molar-refractivity contribution in [1.29, 1.82) is 0 Å². The summed E-state index contributed by atoms with van der Waals surface area (Å²) in [5.74, 6) is -0.434. The third-order valence-electron chi connectivity index (χ3n) is 3.14. The van der Waals surface area contributed by atoms with E-state index in [0.717, 1.165) is 5.69 Å². The average Bonchev–Trinajstić information content (AvgIpc) is 2.51. The Hall–Kier alpha value is -2.27. The first-order valence-electron chi connectivity index (χ1n) is 6.25. The summed E-state index contributed by atoms with van der Waals surface area (Å²) in [6.07, 6.45) is 0. The first kappa shape index (κ1) is 15.1. The Morgan fingerprint density at radius 3 is 2.71 bits per heavy atom. The SMILES string of the molecule is CN(Cc1cccc(Cl)c1F)c1ccccc1/C(N)=N/O. The number of anilines is 1. The van der Waals surface area contributed by atoms with E-state index in [9.17, 15) is 4.39 Å². The summed E-state index contributed by atoms with van der Waals surface area (Å²) in [6.45, 7) is 0.308. The highest BCUT2D eigenvalue weighted by Crippen LogP contribution is 2.24. The number of oxime groups is 1. The van der Waals surface area contributed by atoms with E-state index >= 15 is 0 Å². The van der Waals surface area contributed by atoms with Crippen molar-refractivity contribution >= 4 is 23.1 Å². The van der Waals surface area contributed by atoms with Crippen LogP contribution in [0.1, 0.15) is 11.1 Å². The number of rotatable bonds is 4. The summed E-state index contributed by atoms with van der Waals surface area (Å²) >= 11 is 5.78. The van der Waals surface area contributed by atoms with Crippen molar-refractivity contribution in [2.45, 2.75) is 6.54 Å². The molecule has 2 aromatic carbocycles. The second kappa shape index (κ2) is 6.45. The number of hydrogen-bond donors (Lipinski definition) is 2. The molecule has 0 aromatic heterocycles. The molecular formula is C15H15ClFN3O. The zero-order valence-electron chi connectivity index (χ0n) is 11.4. The van der Waals surface area contributed by atoms with Crippen LogP contribution in [-0.4, -0.2) is 18.1 Å². The molecule has 0 bridgehead atoms. The zero-order valence-corrected chi connectivity index (χ0v) is 12.2. The first-order chi connectivity index (χ1) is 10.0. The molecular weight excluding hydrogens is 293 g/mol. The highest BCUT2D eigenvalue weighted by Gasteiger charge is 2.13. The van der Waals surface area contributed by atoms with E-state index in [1.54, 1.807) is 31.3 Å². The molecule has 21 heavy (non-hydrogen) atoms. The lowest BCUT2D eigenvalue weighted by atomic mass is 10.1. The predicted octanol–water partition coefficient (Wildman–Crippen LogP) is 3.21. The van der Waals surface area contributed by atoms with Gasteiger partial charge in [-0.15, -0.1) is 0 Å². The van der Waals surface area contributed by atoms with E-state index in [2.05, 4.69) is 5.16 Å². The van der Waals surface area contributed by atoms with Crippen molar-refractivity contribution < 1.29 is 9.60 Å². The summed E-state index contributed by atoms with van der Waals surface area (Å²) in [4.78, 5) is 1.81.